The molecular weight excluding hydrogens is 256 g/mol. The van der Waals surface area contributed by atoms with Crippen LogP contribution in [0.25, 0.3) is 0 Å². The fourth-order valence-electron chi connectivity index (χ4n) is 2.99. The Morgan fingerprint density at radius 3 is 2.45 bits per heavy atom. The van der Waals surface area contributed by atoms with Crippen LogP contribution in [0.3, 0.4) is 0 Å². The Bertz CT molecular complexity index is 393. The van der Waals surface area contributed by atoms with E-state index in [0.29, 0.717) is 37.9 Å². The van der Waals surface area contributed by atoms with Gasteiger partial charge in [-0.3, -0.25) is 4.79 Å². The molecule has 0 aromatic rings. The standard InChI is InChI=1S/C15H26N2O3/c1-4-15(13(18)19)7-8-16(10-15)14(20)17(9-11(2)3)12-5-6-12/h11-12H,4-10H2,1-3H3,(H,18,19). The van der Waals surface area contributed by atoms with E-state index in [9.17, 15) is 14.7 Å². The van der Waals surface area contributed by atoms with E-state index in [0.717, 1.165) is 19.4 Å². The summed E-state index contributed by atoms with van der Waals surface area (Å²) < 4.78 is 0. The third-order valence-electron chi connectivity index (χ3n) is 4.55. The van der Waals surface area contributed by atoms with Crippen LogP contribution in [0, 0.1) is 11.3 Å². The fourth-order valence-corrected chi connectivity index (χ4v) is 2.99. The molecule has 0 aromatic carbocycles. The normalized spacial score (nSPS) is 26.1. The molecule has 0 aromatic heterocycles. The predicted octanol–water partition coefficient (Wildman–Crippen LogP) is 2.41. The van der Waals surface area contributed by atoms with Gasteiger partial charge in [-0.25, -0.2) is 4.79 Å². The molecule has 2 rings (SSSR count). The van der Waals surface area contributed by atoms with E-state index in [1.807, 2.05) is 11.8 Å². The van der Waals surface area contributed by atoms with Crippen LogP contribution in [0.1, 0.15) is 46.5 Å². The molecule has 1 aliphatic heterocycles. The number of carboxylic acids is 1. The van der Waals surface area contributed by atoms with Gasteiger partial charge < -0.3 is 14.9 Å². The minimum atomic E-state index is -0.767. The number of urea groups is 1. The van der Waals surface area contributed by atoms with Gasteiger partial charge in [-0.1, -0.05) is 20.8 Å². The van der Waals surface area contributed by atoms with Crippen molar-refractivity contribution in [3.63, 3.8) is 0 Å². The molecule has 1 N–H and O–H groups in total. The molecule has 1 saturated heterocycles. The lowest BCUT2D eigenvalue weighted by atomic mass is 9.84. The van der Waals surface area contributed by atoms with E-state index >= 15 is 0 Å². The molecule has 0 spiro atoms. The Morgan fingerprint density at radius 2 is 2.05 bits per heavy atom. The maximum absolute atomic E-state index is 12.6. The largest absolute Gasteiger partial charge is 0.481 e. The first kappa shape index (κ1) is 15.1. The average molecular weight is 282 g/mol. The number of likely N-dealkylation sites (tertiary alicyclic amines) is 1. The third kappa shape index (κ3) is 2.91. The van der Waals surface area contributed by atoms with Crippen LogP contribution in [0.4, 0.5) is 4.79 Å². The average Bonchev–Trinajstić information content (AvgIpc) is 3.13. The minimum absolute atomic E-state index is 0.0396. The van der Waals surface area contributed by atoms with Crippen molar-refractivity contribution in [2.75, 3.05) is 19.6 Å². The van der Waals surface area contributed by atoms with Crippen LogP contribution in [0.15, 0.2) is 0 Å². The molecule has 2 aliphatic rings. The van der Waals surface area contributed by atoms with Gasteiger partial charge in [-0.15, -0.1) is 0 Å². The van der Waals surface area contributed by atoms with Crippen molar-refractivity contribution >= 4 is 12.0 Å². The smallest absolute Gasteiger partial charge is 0.320 e. The van der Waals surface area contributed by atoms with Crippen LogP contribution < -0.4 is 0 Å². The number of nitrogens with zero attached hydrogens (tertiary/aromatic N) is 2. The van der Waals surface area contributed by atoms with Crippen molar-refractivity contribution in [3.05, 3.63) is 0 Å². The molecule has 1 aliphatic carbocycles. The maximum atomic E-state index is 12.6. The van der Waals surface area contributed by atoms with Crippen molar-refractivity contribution < 1.29 is 14.7 Å². The van der Waals surface area contributed by atoms with E-state index in [4.69, 9.17) is 0 Å². The Hall–Kier alpha value is -1.26. The quantitative estimate of drug-likeness (QED) is 0.842. The summed E-state index contributed by atoms with van der Waals surface area (Å²) >= 11 is 0. The topological polar surface area (TPSA) is 60.9 Å². The van der Waals surface area contributed by atoms with Crippen LogP contribution in [0.2, 0.25) is 0 Å². The summed E-state index contributed by atoms with van der Waals surface area (Å²) in [6, 6.07) is 0.420. The lowest BCUT2D eigenvalue weighted by molar-refractivity contribution is -0.148. The number of carbonyl (C=O) groups excluding carboxylic acids is 1. The first-order valence-electron chi connectivity index (χ1n) is 7.68. The number of carboxylic acid groups (broad SMARTS) is 1. The highest BCUT2D eigenvalue weighted by molar-refractivity contribution is 5.80. The summed E-state index contributed by atoms with van der Waals surface area (Å²) in [5.74, 6) is -0.324. The van der Waals surface area contributed by atoms with E-state index < -0.39 is 11.4 Å². The summed E-state index contributed by atoms with van der Waals surface area (Å²) in [6.45, 7) is 7.82. The molecule has 1 unspecified atom stereocenters. The number of hydrogen-bond donors (Lipinski definition) is 1. The lowest BCUT2D eigenvalue weighted by Gasteiger charge is -2.30. The van der Waals surface area contributed by atoms with Crippen molar-refractivity contribution in [2.24, 2.45) is 11.3 Å². The summed E-state index contributed by atoms with van der Waals surface area (Å²) in [6.07, 6.45) is 3.33. The molecule has 1 atom stereocenters. The van der Waals surface area contributed by atoms with Gasteiger partial charge in [0.2, 0.25) is 0 Å². The van der Waals surface area contributed by atoms with Gasteiger partial charge in [-0.2, -0.15) is 0 Å². The number of amides is 2. The fraction of sp³-hybridized carbons (Fsp3) is 0.867. The molecule has 5 nitrogen and oxygen atoms in total. The van der Waals surface area contributed by atoms with E-state index in [1.165, 1.54) is 0 Å². The second kappa shape index (κ2) is 5.62. The molecule has 2 fully saturated rings. The van der Waals surface area contributed by atoms with Gasteiger partial charge in [0.05, 0.1) is 5.41 Å². The first-order valence-corrected chi connectivity index (χ1v) is 7.68. The summed E-state index contributed by atoms with van der Waals surface area (Å²) in [5, 5.41) is 9.42. The van der Waals surface area contributed by atoms with Crippen LogP contribution in [-0.4, -0.2) is 52.6 Å². The summed E-state index contributed by atoms with van der Waals surface area (Å²) in [7, 11) is 0. The van der Waals surface area contributed by atoms with Crippen LogP contribution in [-0.2, 0) is 4.79 Å². The van der Waals surface area contributed by atoms with Gasteiger partial charge >= 0.3 is 12.0 Å². The highest BCUT2D eigenvalue weighted by Crippen LogP contribution is 2.36. The van der Waals surface area contributed by atoms with Crippen molar-refractivity contribution in [1.29, 1.82) is 0 Å². The SMILES string of the molecule is CCC1(C(=O)O)CCN(C(=O)N(CC(C)C)C2CC2)C1. The second-order valence-electron chi connectivity index (χ2n) is 6.67. The van der Waals surface area contributed by atoms with E-state index in [1.54, 1.807) is 4.90 Å². The van der Waals surface area contributed by atoms with E-state index in [2.05, 4.69) is 13.8 Å². The lowest BCUT2D eigenvalue weighted by Crippen LogP contribution is -2.46. The van der Waals surface area contributed by atoms with Gasteiger partial charge in [0, 0.05) is 25.7 Å². The zero-order valence-electron chi connectivity index (χ0n) is 12.8. The third-order valence-corrected chi connectivity index (χ3v) is 4.55. The molecule has 5 heteroatoms. The van der Waals surface area contributed by atoms with Crippen molar-refractivity contribution in [1.82, 2.24) is 9.80 Å². The van der Waals surface area contributed by atoms with E-state index in [-0.39, 0.29) is 6.03 Å². The van der Waals surface area contributed by atoms with Crippen molar-refractivity contribution in [2.45, 2.75) is 52.5 Å². The highest BCUT2D eigenvalue weighted by atomic mass is 16.4. The van der Waals surface area contributed by atoms with Crippen LogP contribution >= 0.6 is 0 Å². The van der Waals surface area contributed by atoms with Crippen LogP contribution in [0.5, 0.6) is 0 Å². The number of rotatable bonds is 5. The first-order chi connectivity index (χ1) is 9.39. The molecule has 1 heterocycles. The van der Waals surface area contributed by atoms with Gasteiger partial charge in [0.25, 0.3) is 0 Å². The van der Waals surface area contributed by atoms with Gasteiger partial charge in [0.15, 0.2) is 0 Å². The highest BCUT2D eigenvalue weighted by Gasteiger charge is 2.46. The molecular formula is C15H26N2O3. The van der Waals surface area contributed by atoms with Crippen molar-refractivity contribution in [3.8, 4) is 0 Å². The molecule has 2 amide bonds. The summed E-state index contributed by atoms with van der Waals surface area (Å²) in [5.41, 5.74) is -0.733. The number of carbonyl (C=O) groups is 2. The van der Waals surface area contributed by atoms with Gasteiger partial charge in [-0.05, 0) is 31.6 Å². The zero-order valence-corrected chi connectivity index (χ0v) is 12.8. The Labute approximate surface area is 120 Å². The Morgan fingerprint density at radius 1 is 1.40 bits per heavy atom. The second-order valence-corrected chi connectivity index (χ2v) is 6.67. The zero-order chi connectivity index (χ0) is 14.9. The van der Waals surface area contributed by atoms with Gasteiger partial charge in [0.1, 0.15) is 0 Å². The molecule has 0 radical (unpaired) electrons. The molecule has 1 saturated carbocycles. The predicted molar refractivity (Wildman–Crippen MR) is 76.5 cm³/mol. The molecule has 20 heavy (non-hydrogen) atoms. The minimum Gasteiger partial charge on any atom is -0.481 e. The summed E-state index contributed by atoms with van der Waals surface area (Å²) in [4.78, 5) is 27.8. The molecule has 114 valence electrons. The number of hydrogen-bond acceptors (Lipinski definition) is 2. The Balaban J connectivity index is 2.04. The number of aliphatic carboxylic acids is 1. The monoisotopic (exact) mass is 282 g/mol. The maximum Gasteiger partial charge on any atom is 0.320 e. The Kier molecular flexibility index (Phi) is 4.25. The molecule has 0 bridgehead atoms.